The first kappa shape index (κ1) is 16.0. The fraction of sp³-hybridized carbons (Fsp3) is 1.00. The Bertz CT molecular complexity index is 9.61. The molecule has 0 spiro atoms. The summed E-state index contributed by atoms with van der Waals surface area (Å²) in [6.45, 7) is 1.93. The molecule has 3 heteroatoms. The van der Waals surface area contributed by atoms with Gasteiger partial charge >= 0.3 is 0 Å². The molecule has 0 aromatic rings. The summed E-state index contributed by atoms with van der Waals surface area (Å²) in [5.41, 5.74) is 0. The van der Waals surface area contributed by atoms with Crippen LogP contribution in [0.2, 0.25) is 0 Å². The minimum absolute atomic E-state index is 0. The summed E-state index contributed by atoms with van der Waals surface area (Å²) in [6, 6.07) is 0. The minimum Gasteiger partial charge on any atom is -0.397 e. The summed E-state index contributed by atoms with van der Waals surface area (Å²) in [5.74, 6) is 0. The van der Waals surface area contributed by atoms with Crippen LogP contribution in [-0.2, 0) is 0 Å². The third kappa shape index (κ3) is 28.7. The average molecular weight is 240 g/mol. The van der Waals surface area contributed by atoms with Crippen LogP contribution in [0.3, 0.4) is 0 Å². The number of hydrogen-bond acceptors (Lipinski definition) is 1. The van der Waals surface area contributed by atoms with Crippen molar-refractivity contribution >= 4 is 12.4 Å². The second-order valence-corrected chi connectivity index (χ2v) is 0.316. The van der Waals surface area contributed by atoms with Gasteiger partial charge in [0, 0.05) is 46.5 Å². The van der Waals surface area contributed by atoms with Crippen LogP contribution in [0.1, 0.15) is 6.92 Å². The SMILES string of the molecule is CCO.Cl.[Gd]. The molecule has 0 radical (unpaired) electrons. The van der Waals surface area contributed by atoms with Crippen molar-refractivity contribution in [3.8, 4) is 0 Å². The molecule has 0 unspecified atom stereocenters. The van der Waals surface area contributed by atoms with E-state index in [1.54, 1.807) is 6.92 Å². The van der Waals surface area contributed by atoms with Crippen molar-refractivity contribution < 1.29 is 45.0 Å². The Labute approximate surface area is 70.2 Å². The fourth-order valence-electron chi connectivity index (χ4n) is 0. The molecule has 36 valence electrons. The molecule has 0 rings (SSSR count). The van der Waals surface area contributed by atoms with Crippen LogP contribution in [0.5, 0.6) is 0 Å². The van der Waals surface area contributed by atoms with E-state index in [0.29, 0.717) is 0 Å². The van der Waals surface area contributed by atoms with Gasteiger partial charge in [0.1, 0.15) is 0 Å². The second-order valence-electron chi connectivity index (χ2n) is 0.316. The van der Waals surface area contributed by atoms with Gasteiger partial charge in [-0.2, -0.15) is 0 Å². The zero-order chi connectivity index (χ0) is 2.71. The van der Waals surface area contributed by atoms with Gasteiger partial charge in [-0.15, -0.1) is 12.4 Å². The van der Waals surface area contributed by atoms with E-state index < -0.39 is 0 Å². The minimum atomic E-state index is 0. The van der Waals surface area contributed by atoms with E-state index in [-0.39, 0.29) is 59.0 Å². The molecule has 0 atom stereocenters. The summed E-state index contributed by atoms with van der Waals surface area (Å²) in [4.78, 5) is 0. The number of aliphatic hydroxyl groups excluding tert-OH is 1. The molecule has 0 aromatic carbocycles. The summed E-state index contributed by atoms with van der Waals surface area (Å²) in [7, 11) is 0. The van der Waals surface area contributed by atoms with Crippen molar-refractivity contribution in [3.63, 3.8) is 0 Å². The van der Waals surface area contributed by atoms with Gasteiger partial charge in [-0.05, 0) is 6.92 Å². The third-order valence-corrected chi connectivity index (χ3v) is 0. The smallest absolute Gasteiger partial charge is 0.0402 e. The van der Waals surface area contributed by atoms with Crippen LogP contribution in [0.15, 0.2) is 0 Å². The van der Waals surface area contributed by atoms with Crippen LogP contribution in [-0.4, -0.2) is 11.7 Å². The Morgan fingerprint density at radius 3 is 1.60 bits per heavy atom. The van der Waals surface area contributed by atoms with E-state index >= 15 is 0 Å². The maximum Gasteiger partial charge on any atom is 0.0402 e. The van der Waals surface area contributed by atoms with Crippen molar-refractivity contribution in [2.45, 2.75) is 6.92 Å². The second kappa shape index (κ2) is 17.6. The van der Waals surface area contributed by atoms with Gasteiger partial charge < -0.3 is 5.11 Å². The Kier molecular flexibility index (Phi) is 56.3. The molecule has 0 heterocycles. The molecular weight excluding hydrogens is 233 g/mol. The van der Waals surface area contributed by atoms with Crippen molar-refractivity contribution in [2.24, 2.45) is 0 Å². The average Bonchev–Trinajstić information content (AvgIpc) is 0.918. The molecule has 1 N–H and O–H groups in total. The van der Waals surface area contributed by atoms with Crippen molar-refractivity contribution in [1.29, 1.82) is 0 Å². The molecule has 5 heavy (non-hydrogen) atoms. The van der Waals surface area contributed by atoms with Crippen molar-refractivity contribution in [2.75, 3.05) is 6.61 Å². The Morgan fingerprint density at radius 2 is 1.60 bits per heavy atom. The monoisotopic (exact) mass is 240 g/mol. The summed E-state index contributed by atoms with van der Waals surface area (Å²) in [5, 5.41) is 7.57. The summed E-state index contributed by atoms with van der Waals surface area (Å²) < 4.78 is 0. The quantitative estimate of drug-likeness (QED) is 0.650. The summed E-state index contributed by atoms with van der Waals surface area (Å²) in [6.07, 6.45) is 0. The molecule has 0 aromatic heterocycles. The first-order valence-electron chi connectivity index (χ1n) is 1.02. The number of halogens is 1. The molecular formula is C2H7ClGdO. The maximum absolute atomic E-state index is 7.57. The van der Waals surface area contributed by atoms with Gasteiger partial charge in [0.05, 0.1) is 0 Å². The van der Waals surface area contributed by atoms with E-state index in [4.69, 9.17) is 5.11 Å². The predicted octanol–water partition coefficient (Wildman–Crippen LogP) is 0.420. The molecule has 0 aliphatic carbocycles. The van der Waals surface area contributed by atoms with Crippen LogP contribution in [0.25, 0.3) is 0 Å². The van der Waals surface area contributed by atoms with E-state index in [1.807, 2.05) is 0 Å². The molecule has 1 nitrogen and oxygen atoms in total. The van der Waals surface area contributed by atoms with Crippen LogP contribution < -0.4 is 0 Å². The van der Waals surface area contributed by atoms with E-state index in [2.05, 4.69) is 0 Å². The first-order chi connectivity index (χ1) is 1.41. The van der Waals surface area contributed by atoms with Gasteiger partial charge in [-0.1, -0.05) is 0 Å². The molecule has 0 bridgehead atoms. The van der Waals surface area contributed by atoms with Crippen molar-refractivity contribution in [3.05, 3.63) is 0 Å². The fourth-order valence-corrected chi connectivity index (χ4v) is 0. The van der Waals surface area contributed by atoms with E-state index in [0.717, 1.165) is 0 Å². The Morgan fingerprint density at radius 1 is 1.60 bits per heavy atom. The van der Waals surface area contributed by atoms with Gasteiger partial charge in [0.25, 0.3) is 0 Å². The van der Waals surface area contributed by atoms with Gasteiger partial charge in [0.2, 0.25) is 0 Å². The molecule has 0 fully saturated rings. The van der Waals surface area contributed by atoms with Crippen LogP contribution in [0, 0.1) is 39.9 Å². The van der Waals surface area contributed by atoms with Gasteiger partial charge in [0.15, 0.2) is 0 Å². The normalized spacial score (nSPS) is 3.60. The molecule has 0 saturated carbocycles. The standard InChI is InChI=1S/C2H6O.ClH.Gd/c1-2-3;;/h3H,2H2,1H3;1H;. The van der Waals surface area contributed by atoms with Crippen LogP contribution in [0.4, 0.5) is 0 Å². The Hall–Kier alpha value is 1.57. The maximum atomic E-state index is 7.57. The Balaban J connectivity index is -0.0000000200. The number of aliphatic hydroxyl groups is 1. The predicted molar refractivity (Wildman–Crippen MR) is 20.0 cm³/mol. The molecule has 0 amide bonds. The topological polar surface area (TPSA) is 20.2 Å². The number of hydrogen-bond donors (Lipinski definition) is 1. The van der Waals surface area contributed by atoms with E-state index in [1.165, 1.54) is 0 Å². The van der Waals surface area contributed by atoms with Gasteiger partial charge in [-0.25, -0.2) is 0 Å². The first-order valence-corrected chi connectivity index (χ1v) is 1.02. The zero-order valence-electron chi connectivity index (χ0n) is 2.92. The van der Waals surface area contributed by atoms with Crippen molar-refractivity contribution in [1.82, 2.24) is 0 Å². The molecule has 0 aliphatic heterocycles. The molecule has 0 aliphatic rings. The number of rotatable bonds is 0. The van der Waals surface area contributed by atoms with Gasteiger partial charge in [-0.3, -0.25) is 0 Å². The third-order valence-electron chi connectivity index (χ3n) is 0. The van der Waals surface area contributed by atoms with Crippen LogP contribution >= 0.6 is 12.4 Å². The molecule has 0 saturated heterocycles. The zero-order valence-corrected chi connectivity index (χ0v) is 6.00. The summed E-state index contributed by atoms with van der Waals surface area (Å²) >= 11 is 0. The largest absolute Gasteiger partial charge is 0.397 e. The van der Waals surface area contributed by atoms with E-state index in [9.17, 15) is 0 Å².